The van der Waals surface area contributed by atoms with E-state index < -0.39 is 0 Å². The average molecular weight is 377 g/mol. The third-order valence-electron chi connectivity index (χ3n) is 3.76. The lowest BCUT2D eigenvalue weighted by molar-refractivity contribution is -0.122. The number of amides is 1. The van der Waals surface area contributed by atoms with Gasteiger partial charge < -0.3 is 0 Å². The molecule has 1 aromatic carbocycles. The van der Waals surface area contributed by atoms with E-state index in [0.717, 1.165) is 43.0 Å². The summed E-state index contributed by atoms with van der Waals surface area (Å²) in [4.78, 5) is 19.8. The number of allylic oxidation sites excluding steroid dienone is 2. The molecule has 0 atom stereocenters. The summed E-state index contributed by atoms with van der Waals surface area (Å²) in [5, 5.41) is 1.36. The van der Waals surface area contributed by atoms with Gasteiger partial charge in [-0.1, -0.05) is 68.6 Å². The molecule has 0 aromatic heterocycles. The van der Waals surface area contributed by atoms with E-state index >= 15 is 0 Å². The molecule has 3 nitrogen and oxygen atoms in total. The molecule has 0 unspecified atom stereocenters. The number of amidine groups is 1. The summed E-state index contributed by atoms with van der Waals surface area (Å²) in [6, 6.07) is 9.85. The number of halogens is 1. The van der Waals surface area contributed by atoms with Crippen molar-refractivity contribution in [2.24, 2.45) is 4.99 Å². The monoisotopic (exact) mass is 376 g/mol. The molecule has 0 bridgehead atoms. The maximum atomic E-state index is 12.7. The lowest BCUT2D eigenvalue weighted by Gasteiger charge is -2.14. The van der Waals surface area contributed by atoms with Gasteiger partial charge in [0.25, 0.3) is 5.91 Å². The van der Waals surface area contributed by atoms with Crippen LogP contribution in [-0.2, 0) is 4.79 Å². The second-order valence-corrected chi connectivity index (χ2v) is 7.32. The highest BCUT2D eigenvalue weighted by atomic mass is 35.5. The van der Waals surface area contributed by atoms with Gasteiger partial charge in [-0.15, -0.1) is 0 Å². The van der Waals surface area contributed by atoms with Gasteiger partial charge in [-0.2, -0.15) is 0 Å². The molecule has 1 aliphatic rings. The van der Waals surface area contributed by atoms with Crippen molar-refractivity contribution < 1.29 is 4.79 Å². The van der Waals surface area contributed by atoms with Crippen LogP contribution >= 0.6 is 23.4 Å². The Hall–Kier alpha value is -1.52. The van der Waals surface area contributed by atoms with Crippen molar-refractivity contribution in [3.63, 3.8) is 0 Å². The molecule has 0 N–H and O–H groups in total. The Balaban J connectivity index is 2.18. The van der Waals surface area contributed by atoms with Crippen molar-refractivity contribution in [1.82, 2.24) is 4.90 Å². The Morgan fingerprint density at radius 2 is 1.92 bits per heavy atom. The molecule has 0 saturated carbocycles. The lowest BCUT2D eigenvalue weighted by atomic mass is 10.2. The van der Waals surface area contributed by atoms with E-state index in [9.17, 15) is 4.79 Å². The second-order valence-electron chi connectivity index (χ2n) is 5.88. The fourth-order valence-electron chi connectivity index (χ4n) is 2.35. The fraction of sp³-hybridized carbons (Fsp3) is 0.400. The maximum Gasteiger partial charge on any atom is 0.266 e. The molecule has 5 heteroatoms. The first-order valence-corrected chi connectivity index (χ1v) is 10.0. The Labute approximate surface area is 159 Å². The van der Waals surface area contributed by atoms with Gasteiger partial charge in [-0.05, 0) is 42.3 Å². The van der Waals surface area contributed by atoms with E-state index in [1.165, 1.54) is 11.8 Å². The Morgan fingerprint density at radius 1 is 1.20 bits per heavy atom. The zero-order valence-electron chi connectivity index (χ0n) is 14.9. The molecule has 1 amide bonds. The number of unbranched alkanes of at least 4 members (excludes halogenated alkanes) is 2. The van der Waals surface area contributed by atoms with Crippen molar-refractivity contribution in [3.05, 3.63) is 51.9 Å². The molecule has 0 spiro atoms. The van der Waals surface area contributed by atoms with Gasteiger partial charge in [0.15, 0.2) is 5.17 Å². The van der Waals surface area contributed by atoms with Crippen molar-refractivity contribution in [1.29, 1.82) is 0 Å². The standard InChI is InChI=1S/C20H25ClN2OS/c1-3-5-12-22-20-23(13-6-4-2)19(24)18(25-20)15-17(21)14-16-10-8-7-9-11-16/h7-11,14-15H,3-6,12-13H2,1-2H3/b17-14-,18-15-,22-20?. The zero-order valence-corrected chi connectivity index (χ0v) is 16.4. The normalized spacial score (nSPS) is 18.6. The second kappa shape index (κ2) is 10.5. The summed E-state index contributed by atoms with van der Waals surface area (Å²) >= 11 is 7.78. The van der Waals surface area contributed by atoms with Crippen LogP contribution in [0.1, 0.15) is 45.1 Å². The average Bonchev–Trinajstić information content (AvgIpc) is 2.89. The van der Waals surface area contributed by atoms with E-state index in [4.69, 9.17) is 11.6 Å². The Morgan fingerprint density at radius 3 is 2.60 bits per heavy atom. The number of carbonyl (C=O) groups is 1. The van der Waals surface area contributed by atoms with Gasteiger partial charge in [0, 0.05) is 18.1 Å². The van der Waals surface area contributed by atoms with Gasteiger partial charge in [0.1, 0.15) is 0 Å². The molecule has 134 valence electrons. The van der Waals surface area contributed by atoms with Crippen molar-refractivity contribution in [2.75, 3.05) is 13.1 Å². The first kappa shape index (κ1) is 19.8. The predicted molar refractivity (Wildman–Crippen MR) is 110 cm³/mol. The third-order valence-corrected chi connectivity index (χ3v) is 5.02. The number of carbonyl (C=O) groups excluding carboxylic acids is 1. The number of thioether (sulfide) groups is 1. The number of rotatable bonds is 8. The van der Waals surface area contributed by atoms with Gasteiger partial charge >= 0.3 is 0 Å². The molecular formula is C20H25ClN2OS. The molecule has 0 aliphatic carbocycles. The number of aliphatic imine (C=N–C) groups is 1. The summed E-state index contributed by atoms with van der Waals surface area (Å²) in [5.41, 5.74) is 1.01. The first-order chi connectivity index (χ1) is 12.2. The van der Waals surface area contributed by atoms with Crippen molar-refractivity contribution >= 4 is 40.5 Å². The summed E-state index contributed by atoms with van der Waals surface area (Å²) in [6.07, 6.45) is 7.77. The van der Waals surface area contributed by atoms with Gasteiger partial charge in [0.05, 0.1) is 4.91 Å². The Bertz CT molecular complexity index is 668. The quantitative estimate of drug-likeness (QED) is 0.431. The molecular weight excluding hydrogens is 352 g/mol. The van der Waals surface area contributed by atoms with Crippen LogP contribution < -0.4 is 0 Å². The van der Waals surface area contributed by atoms with Crippen molar-refractivity contribution in [2.45, 2.75) is 39.5 Å². The zero-order chi connectivity index (χ0) is 18.1. The lowest BCUT2D eigenvalue weighted by Crippen LogP contribution is -2.30. The molecule has 25 heavy (non-hydrogen) atoms. The minimum absolute atomic E-state index is 0.00769. The van der Waals surface area contributed by atoms with E-state index in [1.807, 2.05) is 36.4 Å². The number of benzene rings is 1. The highest BCUT2D eigenvalue weighted by molar-refractivity contribution is 8.18. The number of hydrogen-bond donors (Lipinski definition) is 0. The maximum absolute atomic E-state index is 12.7. The van der Waals surface area contributed by atoms with Crippen LogP contribution in [0.25, 0.3) is 6.08 Å². The summed E-state index contributed by atoms with van der Waals surface area (Å²) in [7, 11) is 0. The summed E-state index contributed by atoms with van der Waals surface area (Å²) < 4.78 is 0. The molecule has 1 heterocycles. The Kier molecular flexibility index (Phi) is 8.29. The number of hydrogen-bond acceptors (Lipinski definition) is 3. The van der Waals surface area contributed by atoms with E-state index in [-0.39, 0.29) is 5.91 Å². The van der Waals surface area contributed by atoms with Crippen LogP contribution in [0.3, 0.4) is 0 Å². The minimum Gasteiger partial charge on any atom is -0.287 e. The van der Waals surface area contributed by atoms with Gasteiger partial charge in [-0.3, -0.25) is 14.7 Å². The topological polar surface area (TPSA) is 32.7 Å². The highest BCUT2D eigenvalue weighted by Crippen LogP contribution is 2.33. The highest BCUT2D eigenvalue weighted by Gasteiger charge is 2.32. The molecule has 1 fully saturated rings. The molecule has 1 aromatic rings. The fourth-order valence-corrected chi connectivity index (χ4v) is 3.67. The van der Waals surface area contributed by atoms with E-state index in [1.54, 1.807) is 11.0 Å². The van der Waals surface area contributed by atoms with Gasteiger partial charge in [0.2, 0.25) is 0 Å². The van der Waals surface area contributed by atoms with Crippen LogP contribution in [0.4, 0.5) is 0 Å². The van der Waals surface area contributed by atoms with Crippen LogP contribution in [-0.4, -0.2) is 29.1 Å². The first-order valence-electron chi connectivity index (χ1n) is 8.83. The predicted octanol–water partition coefficient (Wildman–Crippen LogP) is 5.68. The summed E-state index contributed by atoms with van der Waals surface area (Å²) in [6.45, 7) is 5.74. The molecule has 0 radical (unpaired) electrons. The van der Waals surface area contributed by atoms with Crippen LogP contribution in [0, 0.1) is 0 Å². The number of nitrogens with zero attached hydrogens (tertiary/aromatic N) is 2. The summed E-state index contributed by atoms with van der Waals surface area (Å²) in [5.74, 6) is 0.00769. The largest absolute Gasteiger partial charge is 0.287 e. The molecule has 2 rings (SSSR count). The smallest absolute Gasteiger partial charge is 0.266 e. The molecule has 1 saturated heterocycles. The van der Waals surface area contributed by atoms with Crippen LogP contribution in [0.5, 0.6) is 0 Å². The SMILES string of the molecule is CCCCN=C1S/C(=C\C(Cl)=C\c2ccccc2)C(=O)N1CCCC. The van der Waals surface area contributed by atoms with Crippen LogP contribution in [0.15, 0.2) is 51.3 Å². The van der Waals surface area contributed by atoms with Crippen molar-refractivity contribution in [3.8, 4) is 0 Å². The molecule has 1 aliphatic heterocycles. The van der Waals surface area contributed by atoms with Gasteiger partial charge in [-0.25, -0.2) is 0 Å². The van der Waals surface area contributed by atoms with Crippen LogP contribution in [0.2, 0.25) is 0 Å². The van der Waals surface area contributed by atoms with E-state index in [2.05, 4.69) is 18.8 Å². The third kappa shape index (κ3) is 6.05. The minimum atomic E-state index is 0.00769. The van der Waals surface area contributed by atoms with E-state index in [0.29, 0.717) is 16.5 Å².